The smallest absolute Gasteiger partial charge is 0.304 e. The molecular weight excluding hydrogens is 524 g/mol. The van der Waals surface area contributed by atoms with Crippen molar-refractivity contribution in [2.24, 2.45) is 5.92 Å². The molecule has 3 aromatic rings. The number of carbonyl (C=O) groups is 2. The molecule has 0 heterocycles. The monoisotopic (exact) mass is 564 g/mol. The second kappa shape index (κ2) is 14.1. The first-order chi connectivity index (χ1) is 19.0. The first-order valence-electron chi connectivity index (χ1n) is 13.4. The molecule has 0 aromatic heterocycles. The van der Waals surface area contributed by atoms with Gasteiger partial charge in [0.1, 0.15) is 12.6 Å². The first-order valence-corrected chi connectivity index (χ1v) is 14.8. The summed E-state index contributed by atoms with van der Waals surface area (Å²) in [6.07, 6.45) is 0.286. The van der Waals surface area contributed by atoms with Crippen LogP contribution in [0.5, 0.6) is 0 Å². The minimum Gasteiger partial charge on any atom is -0.354 e. The largest absolute Gasteiger partial charge is 0.354 e. The average Bonchev–Trinajstić information content (AvgIpc) is 2.94. The van der Waals surface area contributed by atoms with Gasteiger partial charge in [-0.05, 0) is 36.1 Å². The Morgan fingerprint density at radius 2 is 1.40 bits per heavy atom. The van der Waals surface area contributed by atoms with Gasteiger partial charge in [0, 0.05) is 33.6 Å². The molecule has 0 saturated heterocycles. The molecule has 0 unspecified atom stereocenters. The van der Waals surface area contributed by atoms with Crippen LogP contribution < -0.4 is 9.62 Å². The fraction of sp³-hybridized carbons (Fsp3) is 0.355. The van der Waals surface area contributed by atoms with Gasteiger partial charge in [-0.15, -0.1) is 0 Å². The van der Waals surface area contributed by atoms with E-state index in [1.165, 1.54) is 19.0 Å². The second-order valence-electron chi connectivity index (χ2n) is 10.5. The lowest BCUT2D eigenvalue weighted by Gasteiger charge is -2.34. The highest BCUT2D eigenvalue weighted by atomic mass is 32.2. The molecule has 0 bridgehead atoms. The molecule has 9 heteroatoms. The van der Waals surface area contributed by atoms with Crippen molar-refractivity contribution in [1.29, 1.82) is 0 Å². The number of aryl methyl sites for hydroxylation is 1. The zero-order valence-corrected chi connectivity index (χ0v) is 24.8. The zero-order valence-electron chi connectivity index (χ0n) is 23.9. The number of para-hydroxylation sites is 1. The molecule has 1 atom stereocenters. The van der Waals surface area contributed by atoms with Crippen molar-refractivity contribution in [2.75, 3.05) is 31.5 Å². The van der Waals surface area contributed by atoms with E-state index in [0.29, 0.717) is 12.2 Å². The molecule has 214 valence electrons. The van der Waals surface area contributed by atoms with E-state index in [-0.39, 0.29) is 24.8 Å². The summed E-state index contributed by atoms with van der Waals surface area (Å²) in [5.74, 6) is -0.531. The number of benzene rings is 3. The lowest BCUT2D eigenvalue weighted by molar-refractivity contribution is -0.140. The summed E-state index contributed by atoms with van der Waals surface area (Å²) in [5.41, 5.74) is 3.18. The highest BCUT2D eigenvalue weighted by Crippen LogP contribution is 2.21. The minimum atomic E-state index is -4.01. The number of hydrogen-bond donors (Lipinski definition) is 1. The fourth-order valence-electron chi connectivity index (χ4n) is 4.18. The van der Waals surface area contributed by atoms with Crippen molar-refractivity contribution in [3.05, 3.63) is 102 Å². The molecule has 1 N–H and O–H groups in total. The number of nitrogens with one attached hydrogen (secondary N) is 1. The maximum atomic E-state index is 14.2. The Kier molecular flexibility index (Phi) is 10.9. The summed E-state index contributed by atoms with van der Waals surface area (Å²) >= 11 is 0. The van der Waals surface area contributed by atoms with E-state index in [1.54, 1.807) is 30.3 Å². The molecule has 0 aliphatic rings. The average molecular weight is 565 g/mol. The number of anilines is 1. The van der Waals surface area contributed by atoms with Crippen LogP contribution in [0.2, 0.25) is 0 Å². The Morgan fingerprint density at radius 1 is 0.825 bits per heavy atom. The van der Waals surface area contributed by atoms with E-state index in [1.807, 2.05) is 75.4 Å². The van der Waals surface area contributed by atoms with Crippen LogP contribution in [0.15, 0.2) is 84.9 Å². The van der Waals surface area contributed by atoms with Crippen molar-refractivity contribution < 1.29 is 18.0 Å². The molecule has 2 amide bonds. The molecule has 8 nitrogen and oxygen atoms in total. The summed E-state index contributed by atoms with van der Waals surface area (Å²) in [6, 6.07) is 25.0. The van der Waals surface area contributed by atoms with E-state index < -0.39 is 28.7 Å². The molecule has 0 radical (unpaired) electrons. The number of nitrogens with zero attached hydrogens (tertiary/aromatic N) is 3. The van der Waals surface area contributed by atoms with Crippen LogP contribution in [-0.2, 0) is 32.8 Å². The van der Waals surface area contributed by atoms with Crippen LogP contribution in [0.4, 0.5) is 5.69 Å². The molecule has 0 saturated carbocycles. The van der Waals surface area contributed by atoms with Crippen LogP contribution >= 0.6 is 0 Å². The highest BCUT2D eigenvalue weighted by Gasteiger charge is 2.34. The molecule has 0 spiro atoms. The minimum absolute atomic E-state index is 0.149. The van der Waals surface area contributed by atoms with Crippen molar-refractivity contribution in [2.45, 2.75) is 39.8 Å². The summed E-state index contributed by atoms with van der Waals surface area (Å²) in [6.45, 7) is 6.14. The Labute approximate surface area is 238 Å². The van der Waals surface area contributed by atoms with E-state index >= 15 is 0 Å². The standard InChI is InChI=1S/C31H40N4O4S/c1-24(2)21-32-31(37)29(20-26-12-8-6-9-13-26)34(22-27-18-16-25(3)17-19-27)30(36)23-35(40(38,39)33(4)5)28-14-10-7-11-15-28/h6-19,24,29H,20-23H2,1-5H3,(H,32,37)/t29-/m0/s1. The third-order valence-electron chi connectivity index (χ3n) is 6.49. The summed E-state index contributed by atoms with van der Waals surface area (Å²) in [7, 11) is -1.15. The van der Waals surface area contributed by atoms with Gasteiger partial charge in [0.2, 0.25) is 11.8 Å². The number of rotatable bonds is 13. The van der Waals surface area contributed by atoms with Gasteiger partial charge in [-0.2, -0.15) is 12.7 Å². The van der Waals surface area contributed by atoms with Gasteiger partial charge in [0.05, 0.1) is 5.69 Å². The number of carbonyl (C=O) groups excluding carboxylic acids is 2. The number of amides is 2. The van der Waals surface area contributed by atoms with E-state index in [0.717, 1.165) is 25.3 Å². The maximum Gasteiger partial charge on any atom is 0.304 e. The van der Waals surface area contributed by atoms with Gasteiger partial charge in [0.25, 0.3) is 0 Å². The predicted molar refractivity (Wildman–Crippen MR) is 160 cm³/mol. The normalized spacial score (nSPS) is 12.3. The van der Waals surface area contributed by atoms with E-state index in [4.69, 9.17) is 0 Å². The summed E-state index contributed by atoms with van der Waals surface area (Å²) < 4.78 is 28.9. The van der Waals surface area contributed by atoms with E-state index in [2.05, 4.69) is 5.32 Å². The van der Waals surface area contributed by atoms with Crippen LogP contribution in [0.1, 0.15) is 30.5 Å². The summed E-state index contributed by atoms with van der Waals surface area (Å²) in [5, 5.41) is 2.99. The van der Waals surface area contributed by atoms with Gasteiger partial charge in [-0.25, -0.2) is 4.31 Å². The van der Waals surface area contributed by atoms with Crippen molar-refractivity contribution >= 4 is 27.7 Å². The second-order valence-corrected chi connectivity index (χ2v) is 12.6. The van der Waals surface area contributed by atoms with Crippen LogP contribution in [0.25, 0.3) is 0 Å². The van der Waals surface area contributed by atoms with Gasteiger partial charge >= 0.3 is 10.2 Å². The van der Waals surface area contributed by atoms with Gasteiger partial charge in [-0.1, -0.05) is 92.2 Å². The molecule has 0 fully saturated rings. The maximum absolute atomic E-state index is 14.2. The SMILES string of the molecule is Cc1ccc(CN(C(=O)CN(c2ccccc2)S(=O)(=O)N(C)C)[C@@H](Cc2ccccc2)C(=O)NCC(C)C)cc1. The van der Waals surface area contributed by atoms with Gasteiger partial charge in [0.15, 0.2) is 0 Å². The molecule has 40 heavy (non-hydrogen) atoms. The van der Waals surface area contributed by atoms with Crippen LogP contribution in [0.3, 0.4) is 0 Å². The Hall–Kier alpha value is -3.69. The Balaban J connectivity index is 2.06. The fourth-order valence-corrected chi connectivity index (χ4v) is 5.23. The third-order valence-corrected chi connectivity index (χ3v) is 8.31. The molecule has 0 aliphatic heterocycles. The summed E-state index contributed by atoms with van der Waals surface area (Å²) in [4.78, 5) is 29.3. The van der Waals surface area contributed by atoms with Crippen LogP contribution in [-0.4, -0.2) is 62.7 Å². The predicted octanol–water partition coefficient (Wildman–Crippen LogP) is 4.02. The van der Waals surface area contributed by atoms with Crippen LogP contribution in [0, 0.1) is 12.8 Å². The number of hydrogen-bond acceptors (Lipinski definition) is 4. The topological polar surface area (TPSA) is 90.0 Å². The molecular formula is C31H40N4O4S. The van der Waals surface area contributed by atoms with E-state index in [9.17, 15) is 18.0 Å². The Morgan fingerprint density at radius 3 is 1.95 bits per heavy atom. The molecule has 3 rings (SSSR count). The molecule has 3 aromatic carbocycles. The third kappa shape index (κ3) is 8.40. The molecule has 0 aliphatic carbocycles. The van der Waals surface area contributed by atoms with Gasteiger partial charge < -0.3 is 10.2 Å². The van der Waals surface area contributed by atoms with Crippen molar-refractivity contribution in [3.63, 3.8) is 0 Å². The first kappa shape index (κ1) is 30.8. The van der Waals surface area contributed by atoms with Crippen molar-refractivity contribution in [1.82, 2.24) is 14.5 Å². The quantitative estimate of drug-likeness (QED) is 0.340. The zero-order chi connectivity index (χ0) is 29.3. The highest BCUT2D eigenvalue weighted by molar-refractivity contribution is 7.90. The Bertz CT molecular complexity index is 1350. The lowest BCUT2D eigenvalue weighted by atomic mass is 10.0. The lowest BCUT2D eigenvalue weighted by Crippen LogP contribution is -2.54. The van der Waals surface area contributed by atoms with Crippen molar-refractivity contribution in [3.8, 4) is 0 Å². The van der Waals surface area contributed by atoms with Gasteiger partial charge in [-0.3, -0.25) is 9.59 Å².